The first-order chi connectivity index (χ1) is 9.38. The molecule has 0 aliphatic carbocycles. The van der Waals surface area contributed by atoms with Crippen molar-refractivity contribution in [3.05, 3.63) is 23.2 Å². The van der Waals surface area contributed by atoms with Crippen LogP contribution in [-0.2, 0) is 6.54 Å². The van der Waals surface area contributed by atoms with Crippen molar-refractivity contribution in [2.75, 3.05) is 19.3 Å². The maximum Gasteiger partial charge on any atom is 0.191 e. The van der Waals surface area contributed by atoms with Crippen molar-refractivity contribution in [2.24, 2.45) is 4.99 Å². The zero-order chi connectivity index (χ0) is 15.2. The molecule has 0 spiro atoms. The van der Waals surface area contributed by atoms with E-state index in [0.717, 1.165) is 36.1 Å². The van der Waals surface area contributed by atoms with Gasteiger partial charge in [-0.1, -0.05) is 0 Å². The predicted molar refractivity (Wildman–Crippen MR) is 88.6 cm³/mol. The quantitative estimate of drug-likeness (QED) is 0.626. The molecular weight excluding hydrogens is 270 g/mol. The molecule has 0 saturated carbocycles. The van der Waals surface area contributed by atoms with Gasteiger partial charge >= 0.3 is 0 Å². The van der Waals surface area contributed by atoms with Crippen LogP contribution in [0, 0.1) is 13.8 Å². The molecule has 0 aliphatic heterocycles. The van der Waals surface area contributed by atoms with Crippen molar-refractivity contribution >= 4 is 17.7 Å². The summed E-state index contributed by atoms with van der Waals surface area (Å²) in [5, 5.41) is 6.67. The molecule has 4 nitrogen and oxygen atoms in total. The van der Waals surface area contributed by atoms with Crippen molar-refractivity contribution in [3.63, 3.8) is 0 Å². The van der Waals surface area contributed by atoms with Gasteiger partial charge < -0.3 is 15.1 Å². The first kappa shape index (κ1) is 17.0. The largest absolute Gasteiger partial charge is 0.466 e. The molecule has 0 aliphatic rings. The Kier molecular flexibility index (Phi) is 6.46. The van der Waals surface area contributed by atoms with Crippen molar-refractivity contribution in [2.45, 2.75) is 45.9 Å². The molecule has 1 heterocycles. The van der Waals surface area contributed by atoms with E-state index in [0.29, 0.717) is 6.54 Å². The molecule has 0 bridgehead atoms. The number of aliphatic imine (C=N–C) groups is 1. The van der Waals surface area contributed by atoms with Gasteiger partial charge in [-0.05, 0) is 46.9 Å². The van der Waals surface area contributed by atoms with Crippen molar-refractivity contribution in [3.8, 4) is 0 Å². The molecule has 0 unspecified atom stereocenters. The molecule has 1 rings (SSSR count). The van der Waals surface area contributed by atoms with E-state index >= 15 is 0 Å². The van der Waals surface area contributed by atoms with Crippen LogP contribution in [0.5, 0.6) is 0 Å². The highest BCUT2D eigenvalue weighted by atomic mass is 32.2. The normalized spacial score (nSPS) is 12.6. The van der Waals surface area contributed by atoms with E-state index in [1.54, 1.807) is 0 Å². The van der Waals surface area contributed by atoms with E-state index in [1.807, 2.05) is 31.7 Å². The Morgan fingerprint density at radius 2 is 2.05 bits per heavy atom. The number of aryl methyl sites for hydroxylation is 2. The summed E-state index contributed by atoms with van der Waals surface area (Å²) in [6.07, 6.45) is 2.13. The van der Waals surface area contributed by atoms with Gasteiger partial charge in [0.05, 0.1) is 6.54 Å². The number of furan rings is 1. The topological polar surface area (TPSA) is 49.6 Å². The van der Waals surface area contributed by atoms with E-state index < -0.39 is 0 Å². The van der Waals surface area contributed by atoms with Gasteiger partial charge in [0.25, 0.3) is 0 Å². The summed E-state index contributed by atoms with van der Waals surface area (Å²) < 4.78 is 5.72. The monoisotopic (exact) mass is 297 g/mol. The average Bonchev–Trinajstić information content (AvgIpc) is 2.71. The third kappa shape index (κ3) is 5.49. The summed E-state index contributed by atoms with van der Waals surface area (Å²) in [4.78, 5) is 4.62. The summed E-state index contributed by atoms with van der Waals surface area (Å²) >= 11 is 1.85. The van der Waals surface area contributed by atoms with E-state index in [9.17, 15) is 0 Å². The van der Waals surface area contributed by atoms with E-state index in [2.05, 4.69) is 42.7 Å². The third-order valence-corrected chi connectivity index (χ3v) is 4.38. The molecule has 5 heteroatoms. The predicted octanol–water partition coefficient (Wildman–Crippen LogP) is 3.09. The number of thioether (sulfide) groups is 1. The molecule has 0 amide bonds. The lowest BCUT2D eigenvalue weighted by atomic mass is 10.2. The molecular formula is C15H27N3OS. The molecule has 0 radical (unpaired) electrons. The minimum Gasteiger partial charge on any atom is -0.466 e. The molecule has 1 aromatic rings. The van der Waals surface area contributed by atoms with Crippen LogP contribution < -0.4 is 10.6 Å². The summed E-state index contributed by atoms with van der Waals surface area (Å²) in [7, 11) is 0. The molecule has 1 aromatic heterocycles. The first-order valence-electron chi connectivity index (χ1n) is 7.01. The number of hydrogen-bond acceptors (Lipinski definition) is 3. The summed E-state index contributed by atoms with van der Waals surface area (Å²) in [6.45, 7) is 12.8. The molecule has 0 atom stereocenters. The lowest BCUT2D eigenvalue weighted by Gasteiger charge is -2.23. The Balaban J connectivity index is 2.65. The van der Waals surface area contributed by atoms with Crippen LogP contribution in [0.25, 0.3) is 0 Å². The molecule has 0 fully saturated rings. The fraction of sp³-hybridized carbons (Fsp3) is 0.667. The zero-order valence-corrected chi connectivity index (χ0v) is 14.3. The minimum absolute atomic E-state index is 0.193. The zero-order valence-electron chi connectivity index (χ0n) is 13.5. The number of rotatable bonds is 6. The van der Waals surface area contributed by atoms with Gasteiger partial charge in [0.15, 0.2) is 5.96 Å². The molecule has 0 saturated heterocycles. The standard InChI is InChI=1S/C15H27N3OS/c1-7-16-14(18-10-15(4,5)20-6)17-9-13-8-11(2)19-12(13)3/h8H,7,9-10H2,1-6H3,(H2,16,17,18). The van der Waals surface area contributed by atoms with Gasteiger partial charge in [-0.25, -0.2) is 4.99 Å². The second-order valence-corrected chi connectivity index (χ2v) is 6.96. The number of nitrogens with one attached hydrogen (secondary N) is 2. The summed E-state index contributed by atoms with van der Waals surface area (Å²) in [6, 6.07) is 2.05. The fourth-order valence-corrected chi connectivity index (χ4v) is 1.93. The second kappa shape index (κ2) is 7.62. The smallest absolute Gasteiger partial charge is 0.191 e. The van der Waals surface area contributed by atoms with E-state index in [1.165, 1.54) is 0 Å². The lowest BCUT2D eigenvalue weighted by molar-refractivity contribution is 0.501. The minimum atomic E-state index is 0.193. The van der Waals surface area contributed by atoms with Crippen LogP contribution in [0.4, 0.5) is 0 Å². The highest BCUT2D eigenvalue weighted by molar-refractivity contribution is 7.99. The van der Waals surface area contributed by atoms with Crippen LogP contribution in [0.1, 0.15) is 37.9 Å². The second-order valence-electron chi connectivity index (χ2n) is 5.45. The summed E-state index contributed by atoms with van der Waals surface area (Å²) in [5.41, 5.74) is 1.14. The van der Waals surface area contributed by atoms with Crippen LogP contribution >= 0.6 is 11.8 Å². The van der Waals surface area contributed by atoms with Crippen LogP contribution in [-0.4, -0.2) is 30.1 Å². The Bertz CT molecular complexity index is 452. The van der Waals surface area contributed by atoms with Gasteiger partial charge in [0.1, 0.15) is 11.5 Å². The van der Waals surface area contributed by atoms with Crippen LogP contribution in [0.15, 0.2) is 15.5 Å². The van der Waals surface area contributed by atoms with E-state index in [4.69, 9.17) is 4.42 Å². The van der Waals surface area contributed by atoms with Crippen molar-refractivity contribution in [1.29, 1.82) is 0 Å². The Hall–Kier alpha value is -1.10. The molecule has 20 heavy (non-hydrogen) atoms. The average molecular weight is 297 g/mol. The Morgan fingerprint density at radius 3 is 2.55 bits per heavy atom. The first-order valence-corrected chi connectivity index (χ1v) is 8.23. The number of hydrogen-bond donors (Lipinski definition) is 2. The SMILES string of the molecule is CCNC(=NCc1cc(C)oc1C)NCC(C)(C)SC. The highest BCUT2D eigenvalue weighted by Gasteiger charge is 2.16. The van der Waals surface area contributed by atoms with Gasteiger partial charge in [-0.3, -0.25) is 0 Å². The number of nitrogens with zero attached hydrogens (tertiary/aromatic N) is 1. The molecule has 114 valence electrons. The highest BCUT2D eigenvalue weighted by Crippen LogP contribution is 2.19. The third-order valence-electron chi connectivity index (χ3n) is 3.13. The van der Waals surface area contributed by atoms with Crippen molar-refractivity contribution in [1.82, 2.24) is 10.6 Å². The fourth-order valence-electron chi connectivity index (χ4n) is 1.72. The van der Waals surface area contributed by atoms with Crippen LogP contribution in [0.2, 0.25) is 0 Å². The Labute approximate surface area is 126 Å². The maximum atomic E-state index is 5.52. The van der Waals surface area contributed by atoms with E-state index in [-0.39, 0.29) is 4.75 Å². The summed E-state index contributed by atoms with van der Waals surface area (Å²) in [5.74, 6) is 2.74. The molecule has 2 N–H and O–H groups in total. The Morgan fingerprint density at radius 1 is 1.35 bits per heavy atom. The van der Waals surface area contributed by atoms with Gasteiger partial charge in [-0.2, -0.15) is 11.8 Å². The lowest BCUT2D eigenvalue weighted by Crippen LogP contribution is -2.43. The van der Waals surface area contributed by atoms with Gasteiger partial charge in [0.2, 0.25) is 0 Å². The number of guanidine groups is 1. The maximum absolute atomic E-state index is 5.52. The van der Waals surface area contributed by atoms with Crippen molar-refractivity contribution < 1.29 is 4.42 Å². The van der Waals surface area contributed by atoms with Crippen LogP contribution in [0.3, 0.4) is 0 Å². The van der Waals surface area contributed by atoms with Gasteiger partial charge in [-0.15, -0.1) is 0 Å². The molecule has 0 aromatic carbocycles. The van der Waals surface area contributed by atoms with Gasteiger partial charge in [0, 0.05) is 23.4 Å².